The molecule has 0 aliphatic carbocycles. The molecule has 6 heteroatoms. The maximum atomic E-state index is 11.5. The zero-order valence-corrected chi connectivity index (χ0v) is 12.3. The first-order valence-corrected chi connectivity index (χ1v) is 7.35. The van der Waals surface area contributed by atoms with Crippen LogP contribution in [0, 0.1) is 0 Å². The first kappa shape index (κ1) is 15.0. The van der Waals surface area contributed by atoms with Crippen LogP contribution in [-0.4, -0.2) is 30.0 Å². The summed E-state index contributed by atoms with van der Waals surface area (Å²) >= 11 is 4.55. The Kier molecular flexibility index (Phi) is 6.82. The van der Waals surface area contributed by atoms with Crippen LogP contribution in [0.25, 0.3) is 0 Å². The number of anilines is 1. The Hall–Kier alpha value is -1.01. The fourth-order valence-corrected chi connectivity index (χ4v) is 2.03. The van der Waals surface area contributed by atoms with Gasteiger partial charge in [0.1, 0.15) is 0 Å². The molecule has 4 nitrogen and oxygen atoms in total. The van der Waals surface area contributed by atoms with E-state index in [0.29, 0.717) is 6.61 Å². The third-order valence-electron chi connectivity index (χ3n) is 1.89. The van der Waals surface area contributed by atoms with Gasteiger partial charge in [0.15, 0.2) is 0 Å². The average molecular weight is 332 g/mol. The second-order valence-electron chi connectivity index (χ2n) is 3.35. The van der Waals surface area contributed by atoms with E-state index in [1.807, 2.05) is 12.1 Å². The number of ether oxygens (including phenoxy) is 1. The molecule has 0 aliphatic rings. The highest BCUT2D eigenvalue weighted by molar-refractivity contribution is 9.10. The minimum Gasteiger partial charge on any atom is -0.465 e. The molecule has 0 atom stereocenters. The Morgan fingerprint density at radius 2 is 1.94 bits per heavy atom. The molecule has 0 fully saturated rings. The van der Waals surface area contributed by atoms with E-state index in [2.05, 4.69) is 21.2 Å². The molecule has 0 spiro atoms. The predicted molar refractivity (Wildman–Crippen MR) is 76.7 cm³/mol. The summed E-state index contributed by atoms with van der Waals surface area (Å²) in [6.07, 6.45) is 0. The number of carbonyl (C=O) groups is 2. The van der Waals surface area contributed by atoms with Crippen molar-refractivity contribution in [2.24, 2.45) is 0 Å². The molecule has 0 aromatic heterocycles. The molecule has 0 saturated heterocycles. The number of carbonyl (C=O) groups excluding carboxylic acids is 2. The number of benzene rings is 1. The molecule has 1 aromatic rings. The van der Waals surface area contributed by atoms with Crippen molar-refractivity contribution in [2.75, 3.05) is 23.4 Å². The highest BCUT2D eigenvalue weighted by atomic mass is 79.9. The molecule has 98 valence electrons. The van der Waals surface area contributed by atoms with E-state index in [4.69, 9.17) is 4.74 Å². The van der Waals surface area contributed by atoms with Crippen LogP contribution in [0.1, 0.15) is 6.92 Å². The van der Waals surface area contributed by atoms with Gasteiger partial charge in [0.25, 0.3) is 0 Å². The van der Waals surface area contributed by atoms with E-state index in [-0.39, 0.29) is 23.4 Å². The van der Waals surface area contributed by atoms with Crippen molar-refractivity contribution in [1.29, 1.82) is 0 Å². The van der Waals surface area contributed by atoms with Gasteiger partial charge in [0, 0.05) is 10.2 Å². The highest BCUT2D eigenvalue weighted by Gasteiger charge is 2.06. The molecule has 0 aliphatic heterocycles. The van der Waals surface area contributed by atoms with Gasteiger partial charge in [-0.2, -0.15) is 0 Å². The molecule has 0 heterocycles. The predicted octanol–water partition coefficient (Wildman–Crippen LogP) is 2.68. The van der Waals surface area contributed by atoms with E-state index in [0.717, 1.165) is 10.2 Å². The number of thioether (sulfide) groups is 1. The first-order chi connectivity index (χ1) is 8.61. The van der Waals surface area contributed by atoms with Gasteiger partial charge < -0.3 is 10.1 Å². The Labute approximate surface area is 119 Å². The summed E-state index contributed by atoms with van der Waals surface area (Å²) in [6.45, 7) is 2.12. The summed E-state index contributed by atoms with van der Waals surface area (Å²) in [5, 5.41) is 2.74. The summed E-state index contributed by atoms with van der Waals surface area (Å²) < 4.78 is 5.71. The molecule has 0 saturated carbocycles. The summed E-state index contributed by atoms with van der Waals surface area (Å²) in [5.74, 6) is 0.00165. The fraction of sp³-hybridized carbons (Fsp3) is 0.333. The Morgan fingerprint density at radius 1 is 1.28 bits per heavy atom. The smallest absolute Gasteiger partial charge is 0.315 e. The van der Waals surface area contributed by atoms with Crippen molar-refractivity contribution in [3.05, 3.63) is 28.7 Å². The van der Waals surface area contributed by atoms with Crippen molar-refractivity contribution < 1.29 is 14.3 Å². The van der Waals surface area contributed by atoms with Gasteiger partial charge in [-0.1, -0.05) is 15.9 Å². The molecule has 1 rings (SSSR count). The van der Waals surface area contributed by atoms with Crippen molar-refractivity contribution in [1.82, 2.24) is 0 Å². The lowest BCUT2D eigenvalue weighted by Gasteiger charge is -2.05. The van der Waals surface area contributed by atoms with E-state index >= 15 is 0 Å². The first-order valence-electron chi connectivity index (χ1n) is 5.40. The number of esters is 1. The Balaban J connectivity index is 2.25. The molecule has 0 bridgehead atoms. The lowest BCUT2D eigenvalue weighted by Crippen LogP contribution is -2.16. The molecule has 1 N–H and O–H groups in total. The maximum Gasteiger partial charge on any atom is 0.315 e. The normalized spacial score (nSPS) is 9.89. The van der Waals surface area contributed by atoms with Gasteiger partial charge >= 0.3 is 5.97 Å². The van der Waals surface area contributed by atoms with Crippen LogP contribution in [0.3, 0.4) is 0 Å². The standard InChI is InChI=1S/C12H14BrNO3S/c1-2-17-12(16)8-18-7-11(15)14-10-5-3-9(13)4-6-10/h3-6H,2,7-8H2,1H3,(H,14,15). The number of amides is 1. The third-order valence-corrected chi connectivity index (χ3v) is 3.32. The van der Waals surface area contributed by atoms with Crippen LogP contribution in [-0.2, 0) is 14.3 Å². The lowest BCUT2D eigenvalue weighted by atomic mass is 10.3. The van der Waals surface area contributed by atoms with Gasteiger partial charge in [0.2, 0.25) is 5.91 Å². The van der Waals surface area contributed by atoms with Crippen LogP contribution in [0.2, 0.25) is 0 Å². The van der Waals surface area contributed by atoms with E-state index in [1.165, 1.54) is 11.8 Å². The van der Waals surface area contributed by atoms with Crippen LogP contribution in [0.15, 0.2) is 28.7 Å². The van der Waals surface area contributed by atoms with Gasteiger partial charge in [-0.15, -0.1) is 11.8 Å². The molecular weight excluding hydrogens is 318 g/mol. The topological polar surface area (TPSA) is 55.4 Å². The van der Waals surface area contributed by atoms with Crippen molar-refractivity contribution >= 4 is 45.3 Å². The number of nitrogens with one attached hydrogen (secondary N) is 1. The molecule has 1 amide bonds. The number of rotatable bonds is 6. The van der Waals surface area contributed by atoms with Crippen molar-refractivity contribution in [3.63, 3.8) is 0 Å². The molecule has 0 unspecified atom stereocenters. The van der Waals surface area contributed by atoms with Gasteiger partial charge in [0.05, 0.1) is 18.1 Å². The van der Waals surface area contributed by atoms with E-state index in [1.54, 1.807) is 19.1 Å². The minimum absolute atomic E-state index is 0.133. The molecule has 0 radical (unpaired) electrons. The SMILES string of the molecule is CCOC(=O)CSCC(=O)Nc1ccc(Br)cc1. The molecule has 1 aromatic carbocycles. The quantitative estimate of drug-likeness (QED) is 0.814. The summed E-state index contributed by atoms with van der Waals surface area (Å²) in [4.78, 5) is 22.6. The fourth-order valence-electron chi connectivity index (χ4n) is 1.16. The van der Waals surface area contributed by atoms with Gasteiger partial charge in [-0.05, 0) is 31.2 Å². The number of hydrogen-bond acceptors (Lipinski definition) is 4. The van der Waals surface area contributed by atoms with Crippen LogP contribution < -0.4 is 5.32 Å². The zero-order valence-electron chi connectivity index (χ0n) is 9.94. The average Bonchev–Trinajstić information content (AvgIpc) is 2.32. The second kappa shape index (κ2) is 8.16. The third kappa shape index (κ3) is 6.07. The van der Waals surface area contributed by atoms with E-state index < -0.39 is 0 Å². The zero-order chi connectivity index (χ0) is 13.4. The van der Waals surface area contributed by atoms with Crippen LogP contribution >= 0.6 is 27.7 Å². The number of hydrogen-bond donors (Lipinski definition) is 1. The van der Waals surface area contributed by atoms with Crippen molar-refractivity contribution in [2.45, 2.75) is 6.92 Å². The van der Waals surface area contributed by atoms with Crippen molar-refractivity contribution in [3.8, 4) is 0 Å². The monoisotopic (exact) mass is 331 g/mol. The Morgan fingerprint density at radius 3 is 2.56 bits per heavy atom. The maximum absolute atomic E-state index is 11.5. The van der Waals surface area contributed by atoms with E-state index in [9.17, 15) is 9.59 Å². The van der Waals surface area contributed by atoms with Gasteiger partial charge in [-0.25, -0.2) is 0 Å². The van der Waals surface area contributed by atoms with Crippen LogP contribution in [0.5, 0.6) is 0 Å². The molecule has 18 heavy (non-hydrogen) atoms. The van der Waals surface area contributed by atoms with Crippen LogP contribution in [0.4, 0.5) is 5.69 Å². The van der Waals surface area contributed by atoms with Gasteiger partial charge in [-0.3, -0.25) is 9.59 Å². The summed E-state index contributed by atoms with van der Waals surface area (Å²) in [6, 6.07) is 7.30. The second-order valence-corrected chi connectivity index (χ2v) is 5.25. The lowest BCUT2D eigenvalue weighted by molar-refractivity contribution is -0.139. The minimum atomic E-state index is -0.293. The summed E-state index contributed by atoms with van der Waals surface area (Å²) in [5.41, 5.74) is 0.736. The largest absolute Gasteiger partial charge is 0.465 e. The highest BCUT2D eigenvalue weighted by Crippen LogP contribution is 2.14. The Bertz CT molecular complexity index is 408. The summed E-state index contributed by atoms with van der Waals surface area (Å²) in [7, 11) is 0. The number of halogens is 1. The molecular formula is C12H14BrNO3S.